The van der Waals surface area contributed by atoms with Crippen molar-refractivity contribution in [1.29, 1.82) is 0 Å². The fourth-order valence-electron chi connectivity index (χ4n) is 2.81. The standard InChI is InChI=1S/C18H10Cl2N8O2/c19-10-6-5-8(7-11(10)20)21-14-15(24-17-16(23-14)27-30-28-17)26-25-13-9-3-1-2-4-12(9)22-18(13)29/h1-7,22,29H,(H,21,23,27). The van der Waals surface area contributed by atoms with Gasteiger partial charge in [-0.05, 0) is 34.6 Å². The molecular formula is C18H10Cl2N8O2. The van der Waals surface area contributed by atoms with Crippen molar-refractivity contribution >= 4 is 68.4 Å². The minimum absolute atomic E-state index is 0.106. The highest BCUT2D eigenvalue weighted by Crippen LogP contribution is 2.37. The van der Waals surface area contributed by atoms with Crippen LogP contribution in [0.25, 0.3) is 22.2 Å². The van der Waals surface area contributed by atoms with Crippen LogP contribution in [0.4, 0.5) is 23.0 Å². The summed E-state index contributed by atoms with van der Waals surface area (Å²) < 4.78 is 4.68. The smallest absolute Gasteiger partial charge is 0.245 e. The van der Waals surface area contributed by atoms with E-state index in [0.29, 0.717) is 21.1 Å². The summed E-state index contributed by atoms with van der Waals surface area (Å²) in [6.07, 6.45) is 0. The number of aromatic amines is 1. The molecule has 0 spiro atoms. The SMILES string of the molecule is Oc1[nH]c2ccccc2c1N=Nc1nc2nonc2nc1Nc1ccc(Cl)c(Cl)c1. The van der Waals surface area contributed by atoms with Crippen LogP contribution >= 0.6 is 23.2 Å². The maximum absolute atomic E-state index is 10.2. The van der Waals surface area contributed by atoms with Crippen LogP contribution in [0.1, 0.15) is 0 Å². The van der Waals surface area contributed by atoms with Crippen LogP contribution in [0.15, 0.2) is 57.3 Å². The van der Waals surface area contributed by atoms with Crippen LogP contribution in [-0.2, 0) is 0 Å². The van der Waals surface area contributed by atoms with Crippen molar-refractivity contribution in [1.82, 2.24) is 25.3 Å². The summed E-state index contributed by atoms with van der Waals surface area (Å²) in [7, 11) is 0. The van der Waals surface area contributed by atoms with Crippen LogP contribution in [0.5, 0.6) is 5.88 Å². The summed E-state index contributed by atoms with van der Waals surface area (Å²) >= 11 is 12.0. The lowest BCUT2D eigenvalue weighted by molar-refractivity contribution is 0.314. The number of aromatic hydroxyl groups is 1. The number of azo groups is 1. The molecule has 0 unspecified atom stereocenters. The predicted octanol–water partition coefficient (Wildman–Crippen LogP) is 5.67. The highest BCUT2D eigenvalue weighted by atomic mass is 35.5. The van der Waals surface area contributed by atoms with Gasteiger partial charge in [0.15, 0.2) is 11.5 Å². The van der Waals surface area contributed by atoms with E-state index in [2.05, 4.69) is 45.4 Å². The van der Waals surface area contributed by atoms with Crippen molar-refractivity contribution in [2.45, 2.75) is 0 Å². The molecule has 0 aliphatic rings. The van der Waals surface area contributed by atoms with Crippen LogP contribution in [-0.4, -0.2) is 30.4 Å². The quantitative estimate of drug-likeness (QED) is 0.306. The third-order valence-corrected chi connectivity index (χ3v) is 4.92. The Morgan fingerprint density at radius 1 is 0.967 bits per heavy atom. The zero-order valence-corrected chi connectivity index (χ0v) is 16.3. The first-order valence-corrected chi connectivity index (χ1v) is 9.28. The van der Waals surface area contributed by atoms with Crippen molar-refractivity contribution in [2.75, 3.05) is 5.32 Å². The molecule has 3 N–H and O–H groups in total. The maximum atomic E-state index is 10.2. The number of para-hydroxylation sites is 1. The Morgan fingerprint density at radius 2 is 1.77 bits per heavy atom. The average Bonchev–Trinajstić information content (AvgIpc) is 3.32. The number of benzene rings is 2. The van der Waals surface area contributed by atoms with Crippen LogP contribution in [0.3, 0.4) is 0 Å². The lowest BCUT2D eigenvalue weighted by Gasteiger charge is -2.07. The summed E-state index contributed by atoms with van der Waals surface area (Å²) in [4.78, 5) is 11.4. The largest absolute Gasteiger partial charge is 0.493 e. The Labute approximate surface area is 177 Å². The van der Waals surface area contributed by atoms with Gasteiger partial charge in [0.2, 0.25) is 23.0 Å². The molecule has 12 heteroatoms. The van der Waals surface area contributed by atoms with E-state index < -0.39 is 0 Å². The van der Waals surface area contributed by atoms with E-state index in [4.69, 9.17) is 23.2 Å². The number of rotatable bonds is 4. The highest BCUT2D eigenvalue weighted by Gasteiger charge is 2.15. The summed E-state index contributed by atoms with van der Waals surface area (Å²) in [5.41, 5.74) is 1.94. The van der Waals surface area contributed by atoms with Crippen LogP contribution in [0.2, 0.25) is 10.0 Å². The Balaban J connectivity index is 1.58. The molecular weight excluding hydrogens is 431 g/mol. The van der Waals surface area contributed by atoms with E-state index in [0.717, 1.165) is 5.52 Å². The number of hydrogen-bond donors (Lipinski definition) is 3. The monoisotopic (exact) mass is 440 g/mol. The summed E-state index contributed by atoms with van der Waals surface area (Å²) in [6, 6.07) is 12.3. The first-order valence-electron chi connectivity index (χ1n) is 8.52. The van der Waals surface area contributed by atoms with Gasteiger partial charge in [-0.1, -0.05) is 41.4 Å². The molecule has 0 bridgehead atoms. The fraction of sp³-hybridized carbons (Fsp3) is 0. The van der Waals surface area contributed by atoms with Crippen molar-refractivity contribution in [3.8, 4) is 5.88 Å². The molecule has 10 nitrogen and oxygen atoms in total. The number of nitrogens with one attached hydrogen (secondary N) is 2. The molecule has 148 valence electrons. The molecule has 5 aromatic rings. The number of aromatic nitrogens is 5. The van der Waals surface area contributed by atoms with Gasteiger partial charge >= 0.3 is 0 Å². The molecule has 5 rings (SSSR count). The zero-order valence-electron chi connectivity index (χ0n) is 14.8. The van der Waals surface area contributed by atoms with E-state index in [1.165, 1.54) is 0 Å². The topological polar surface area (TPSA) is 137 Å². The molecule has 2 aromatic carbocycles. The van der Waals surface area contributed by atoms with Gasteiger partial charge in [-0.25, -0.2) is 9.61 Å². The summed E-state index contributed by atoms with van der Waals surface area (Å²) in [5, 5.41) is 30.4. The first kappa shape index (κ1) is 18.3. The lowest BCUT2D eigenvalue weighted by atomic mass is 10.2. The lowest BCUT2D eigenvalue weighted by Crippen LogP contribution is -1.97. The number of fused-ring (bicyclic) bond motifs is 2. The van der Waals surface area contributed by atoms with E-state index in [1.807, 2.05) is 24.3 Å². The molecule has 0 radical (unpaired) electrons. The number of nitrogens with zero attached hydrogens (tertiary/aromatic N) is 6. The van der Waals surface area contributed by atoms with Crippen molar-refractivity contribution in [3.05, 3.63) is 52.5 Å². The Bertz CT molecular complexity index is 1430. The molecule has 0 fully saturated rings. The van der Waals surface area contributed by atoms with Gasteiger partial charge in [0.25, 0.3) is 0 Å². The highest BCUT2D eigenvalue weighted by molar-refractivity contribution is 6.42. The van der Waals surface area contributed by atoms with Gasteiger partial charge in [0.05, 0.1) is 15.6 Å². The van der Waals surface area contributed by atoms with Crippen LogP contribution in [0, 0.1) is 0 Å². The predicted molar refractivity (Wildman–Crippen MR) is 111 cm³/mol. The minimum atomic E-state index is -0.115. The van der Waals surface area contributed by atoms with Crippen LogP contribution < -0.4 is 5.32 Å². The number of halogens is 2. The molecule has 0 atom stereocenters. The third kappa shape index (κ3) is 3.27. The van der Waals surface area contributed by atoms with Gasteiger partial charge < -0.3 is 15.4 Å². The van der Waals surface area contributed by atoms with Gasteiger partial charge in [-0.3, -0.25) is 0 Å². The average molecular weight is 441 g/mol. The van der Waals surface area contributed by atoms with E-state index >= 15 is 0 Å². The molecule has 30 heavy (non-hydrogen) atoms. The Morgan fingerprint density at radius 3 is 2.60 bits per heavy atom. The first-order chi connectivity index (χ1) is 14.6. The Kier molecular flexibility index (Phi) is 4.42. The van der Waals surface area contributed by atoms with Gasteiger partial charge in [-0.15, -0.1) is 10.2 Å². The second-order valence-corrected chi connectivity index (χ2v) is 6.94. The maximum Gasteiger partial charge on any atom is 0.245 e. The molecule has 0 aliphatic heterocycles. The minimum Gasteiger partial charge on any atom is -0.493 e. The number of hydrogen-bond acceptors (Lipinski definition) is 9. The van der Waals surface area contributed by atoms with Gasteiger partial charge in [0, 0.05) is 11.1 Å². The third-order valence-electron chi connectivity index (χ3n) is 4.18. The summed E-state index contributed by atoms with van der Waals surface area (Å²) in [5.74, 6) is 0.227. The van der Waals surface area contributed by atoms with E-state index in [9.17, 15) is 5.11 Å². The van der Waals surface area contributed by atoms with Gasteiger partial charge in [0.1, 0.15) is 0 Å². The molecule has 0 amide bonds. The molecule has 3 heterocycles. The molecule has 0 aliphatic carbocycles. The normalized spacial score (nSPS) is 11.7. The second-order valence-electron chi connectivity index (χ2n) is 6.13. The molecule has 0 saturated heterocycles. The number of H-pyrrole nitrogens is 1. The van der Waals surface area contributed by atoms with Crippen molar-refractivity contribution in [2.24, 2.45) is 10.2 Å². The van der Waals surface area contributed by atoms with E-state index in [-0.39, 0.29) is 34.5 Å². The van der Waals surface area contributed by atoms with Gasteiger partial charge in [-0.2, -0.15) is 4.98 Å². The fourth-order valence-corrected chi connectivity index (χ4v) is 3.10. The molecule has 0 saturated carbocycles. The summed E-state index contributed by atoms with van der Waals surface area (Å²) in [6.45, 7) is 0. The van der Waals surface area contributed by atoms with Crippen molar-refractivity contribution in [3.63, 3.8) is 0 Å². The second kappa shape index (κ2) is 7.25. The number of anilines is 2. The zero-order chi connectivity index (χ0) is 20.7. The Hall–Kier alpha value is -3.76. The van der Waals surface area contributed by atoms with Crippen molar-refractivity contribution < 1.29 is 9.74 Å². The molecule has 3 aromatic heterocycles. The van der Waals surface area contributed by atoms with E-state index in [1.54, 1.807) is 18.2 Å².